The Morgan fingerprint density at radius 2 is 2.33 bits per heavy atom. The summed E-state index contributed by atoms with van der Waals surface area (Å²) in [6.45, 7) is 0. The Kier molecular flexibility index (Phi) is 4.01. The van der Waals surface area contributed by atoms with Crippen LogP contribution in [0.1, 0.15) is 0 Å². The summed E-state index contributed by atoms with van der Waals surface area (Å²) in [7, 11) is 0. The molecule has 0 aromatic carbocycles. The predicted molar refractivity (Wildman–Crippen MR) is 53.9 cm³/mol. The predicted octanol–water partition coefficient (Wildman–Crippen LogP) is 3.53. The lowest BCUT2D eigenvalue weighted by molar-refractivity contribution is 0.667. The van der Waals surface area contributed by atoms with E-state index in [1.165, 1.54) is 12.2 Å². The number of hydrogen-bond donors (Lipinski definition) is 0. The maximum Gasteiger partial charge on any atom is 0.122 e. The summed E-state index contributed by atoms with van der Waals surface area (Å²) in [5, 5.41) is 0.834. The van der Waals surface area contributed by atoms with Crippen LogP contribution in [-0.4, -0.2) is 5.33 Å². The molecule has 0 heterocycles. The molecule has 0 saturated carbocycles. The molecule has 0 amide bonds. The van der Waals surface area contributed by atoms with Crippen molar-refractivity contribution in [2.75, 3.05) is 5.33 Å². The van der Waals surface area contributed by atoms with Gasteiger partial charge < -0.3 is 0 Å². The zero-order valence-electron chi connectivity index (χ0n) is 6.58. The van der Waals surface area contributed by atoms with Crippen molar-refractivity contribution in [2.45, 2.75) is 0 Å². The molecule has 0 fully saturated rings. The van der Waals surface area contributed by atoms with E-state index in [9.17, 15) is 4.39 Å². The Hall–Kier alpha value is -0.630. The van der Waals surface area contributed by atoms with Gasteiger partial charge in [0.25, 0.3) is 0 Å². The first-order valence-corrected chi connectivity index (χ1v) is 4.90. The third kappa shape index (κ3) is 3.18. The SMILES string of the molecule is FC1=CC=CC(/C=C/CBr)C=C1. The lowest BCUT2D eigenvalue weighted by Gasteiger charge is -1.96. The fraction of sp³-hybridized carbons (Fsp3) is 0.200. The van der Waals surface area contributed by atoms with E-state index in [0.717, 1.165) is 5.33 Å². The van der Waals surface area contributed by atoms with Crippen LogP contribution in [0.2, 0.25) is 0 Å². The molecule has 0 aromatic rings. The van der Waals surface area contributed by atoms with Crippen LogP contribution in [0.5, 0.6) is 0 Å². The molecule has 64 valence electrons. The van der Waals surface area contributed by atoms with E-state index in [4.69, 9.17) is 0 Å². The molecule has 0 saturated heterocycles. The number of hydrogen-bond acceptors (Lipinski definition) is 0. The van der Waals surface area contributed by atoms with Crippen molar-refractivity contribution >= 4 is 15.9 Å². The summed E-state index contributed by atoms with van der Waals surface area (Å²) >= 11 is 3.29. The maximum atomic E-state index is 12.6. The Morgan fingerprint density at radius 3 is 3.08 bits per heavy atom. The van der Waals surface area contributed by atoms with Gasteiger partial charge in [-0.05, 0) is 12.2 Å². The van der Waals surface area contributed by atoms with E-state index in [-0.39, 0.29) is 11.7 Å². The highest BCUT2D eigenvalue weighted by molar-refractivity contribution is 9.09. The smallest absolute Gasteiger partial charge is 0.122 e. The van der Waals surface area contributed by atoms with E-state index < -0.39 is 0 Å². The quantitative estimate of drug-likeness (QED) is 0.501. The minimum absolute atomic E-state index is 0.194. The molecule has 1 atom stereocenters. The highest BCUT2D eigenvalue weighted by atomic mass is 79.9. The minimum Gasteiger partial charge on any atom is -0.207 e. The molecule has 0 bridgehead atoms. The van der Waals surface area contributed by atoms with Gasteiger partial charge in [0.15, 0.2) is 0 Å². The van der Waals surface area contributed by atoms with Crippen LogP contribution in [0.25, 0.3) is 0 Å². The molecule has 12 heavy (non-hydrogen) atoms. The average Bonchev–Trinajstić information content (AvgIpc) is 2.27. The summed E-state index contributed by atoms with van der Waals surface area (Å²) in [5.41, 5.74) is 0. The molecule has 1 aliphatic carbocycles. The van der Waals surface area contributed by atoms with E-state index in [1.807, 2.05) is 24.3 Å². The summed E-state index contributed by atoms with van der Waals surface area (Å²) < 4.78 is 12.6. The van der Waals surface area contributed by atoms with Gasteiger partial charge in [-0.1, -0.05) is 46.3 Å². The highest BCUT2D eigenvalue weighted by Crippen LogP contribution is 2.12. The third-order valence-electron chi connectivity index (χ3n) is 1.51. The molecule has 1 unspecified atom stereocenters. The topological polar surface area (TPSA) is 0 Å². The van der Waals surface area contributed by atoms with Crippen LogP contribution >= 0.6 is 15.9 Å². The largest absolute Gasteiger partial charge is 0.207 e. The second-order valence-electron chi connectivity index (χ2n) is 2.46. The van der Waals surface area contributed by atoms with Gasteiger partial charge >= 0.3 is 0 Å². The van der Waals surface area contributed by atoms with Crippen molar-refractivity contribution in [1.82, 2.24) is 0 Å². The van der Waals surface area contributed by atoms with E-state index in [1.54, 1.807) is 6.08 Å². The molecule has 0 nitrogen and oxygen atoms in total. The molecular weight excluding hydrogens is 219 g/mol. The zero-order chi connectivity index (χ0) is 8.81. The third-order valence-corrected chi connectivity index (χ3v) is 1.89. The van der Waals surface area contributed by atoms with Crippen molar-refractivity contribution in [2.24, 2.45) is 5.92 Å². The van der Waals surface area contributed by atoms with Gasteiger partial charge in [-0.25, -0.2) is 4.39 Å². The van der Waals surface area contributed by atoms with Crippen LogP contribution in [0, 0.1) is 5.92 Å². The molecule has 2 heteroatoms. The normalized spacial score (nSPS) is 22.8. The number of rotatable bonds is 2. The van der Waals surface area contributed by atoms with Crippen molar-refractivity contribution in [1.29, 1.82) is 0 Å². The van der Waals surface area contributed by atoms with Gasteiger partial charge in [-0.2, -0.15) is 0 Å². The number of allylic oxidation sites excluding steroid dienone is 8. The molecular formula is C10H10BrF. The molecule has 0 aliphatic heterocycles. The summed E-state index contributed by atoms with van der Waals surface area (Å²) in [6.07, 6.45) is 12.5. The van der Waals surface area contributed by atoms with Crippen LogP contribution in [0.4, 0.5) is 4.39 Å². The van der Waals surface area contributed by atoms with Crippen molar-refractivity contribution in [3.63, 3.8) is 0 Å². The zero-order valence-corrected chi connectivity index (χ0v) is 8.17. The van der Waals surface area contributed by atoms with Crippen molar-refractivity contribution in [3.05, 3.63) is 48.4 Å². The summed E-state index contributed by atoms with van der Waals surface area (Å²) in [4.78, 5) is 0. The summed E-state index contributed by atoms with van der Waals surface area (Å²) in [6, 6.07) is 0. The number of halogens is 2. The van der Waals surface area contributed by atoms with Gasteiger partial charge in [0, 0.05) is 11.2 Å². The Balaban J connectivity index is 2.61. The first-order chi connectivity index (χ1) is 5.83. The monoisotopic (exact) mass is 228 g/mol. The summed E-state index contributed by atoms with van der Waals surface area (Å²) in [5.74, 6) is 0.0213. The Bertz CT molecular complexity index is 249. The molecule has 0 N–H and O–H groups in total. The van der Waals surface area contributed by atoms with E-state index >= 15 is 0 Å². The highest BCUT2D eigenvalue weighted by Gasteiger charge is 1.97. The average molecular weight is 229 g/mol. The van der Waals surface area contributed by atoms with E-state index in [0.29, 0.717) is 0 Å². The first-order valence-electron chi connectivity index (χ1n) is 3.78. The van der Waals surface area contributed by atoms with Gasteiger partial charge in [0.2, 0.25) is 0 Å². The Morgan fingerprint density at radius 1 is 1.50 bits per heavy atom. The Labute approximate surface area is 80.3 Å². The van der Waals surface area contributed by atoms with Crippen LogP contribution < -0.4 is 0 Å². The fourth-order valence-electron chi connectivity index (χ4n) is 0.935. The minimum atomic E-state index is -0.194. The van der Waals surface area contributed by atoms with Gasteiger partial charge in [-0.3, -0.25) is 0 Å². The molecule has 1 rings (SSSR count). The van der Waals surface area contributed by atoms with Crippen LogP contribution in [0.15, 0.2) is 48.4 Å². The van der Waals surface area contributed by atoms with Crippen molar-refractivity contribution < 1.29 is 4.39 Å². The second kappa shape index (κ2) is 5.09. The van der Waals surface area contributed by atoms with Crippen LogP contribution in [0.3, 0.4) is 0 Å². The standard InChI is InChI=1S/C10H10BrF/c11-8-2-4-9-3-1-5-10(12)7-6-9/h1-7,9H,8H2/b4-2+. The van der Waals surface area contributed by atoms with E-state index in [2.05, 4.69) is 15.9 Å². The molecule has 1 aliphatic rings. The van der Waals surface area contributed by atoms with Gasteiger partial charge in [-0.15, -0.1) is 0 Å². The molecule has 0 aromatic heterocycles. The molecule has 0 spiro atoms. The first kappa shape index (κ1) is 9.46. The fourth-order valence-corrected chi connectivity index (χ4v) is 1.15. The maximum absolute atomic E-state index is 12.6. The van der Waals surface area contributed by atoms with Gasteiger partial charge in [0.05, 0.1) is 0 Å². The van der Waals surface area contributed by atoms with Crippen molar-refractivity contribution in [3.8, 4) is 0 Å². The second-order valence-corrected chi connectivity index (χ2v) is 3.10. The number of alkyl halides is 1. The van der Waals surface area contributed by atoms with Gasteiger partial charge in [0.1, 0.15) is 5.83 Å². The molecule has 0 radical (unpaired) electrons. The van der Waals surface area contributed by atoms with Crippen LogP contribution in [-0.2, 0) is 0 Å². The lowest BCUT2D eigenvalue weighted by atomic mass is 10.1. The lowest BCUT2D eigenvalue weighted by Crippen LogP contribution is -1.83.